The summed E-state index contributed by atoms with van der Waals surface area (Å²) in [6, 6.07) is 0. The molecule has 59 heavy (non-hydrogen) atoms. The minimum absolute atomic E-state index is 0.00726. The number of alkyl halides is 16. The van der Waals surface area contributed by atoms with Crippen molar-refractivity contribution in [3.05, 3.63) is 0 Å². The fourth-order valence-electron chi connectivity index (χ4n) is 5.14. The zero-order valence-corrected chi connectivity index (χ0v) is 30.1. The number of aliphatic hydroxyl groups is 1. The van der Waals surface area contributed by atoms with E-state index in [0.717, 1.165) is 0 Å². The van der Waals surface area contributed by atoms with Crippen LogP contribution < -0.4 is 5.32 Å². The van der Waals surface area contributed by atoms with Crippen LogP contribution >= 0.6 is 0 Å². The van der Waals surface area contributed by atoms with Crippen LogP contribution in [0.3, 0.4) is 0 Å². The monoisotopic (exact) mass is 905 g/mol. The highest BCUT2D eigenvalue weighted by molar-refractivity contribution is 5.77. The van der Waals surface area contributed by atoms with Gasteiger partial charge in [0.05, 0.1) is 32.3 Å². The van der Waals surface area contributed by atoms with Gasteiger partial charge in [-0.1, -0.05) is 0 Å². The van der Waals surface area contributed by atoms with Gasteiger partial charge < -0.3 is 30.5 Å². The summed E-state index contributed by atoms with van der Waals surface area (Å²) in [6.07, 6.45) is -10.3. The number of hydrogen-bond donors (Lipinski definition) is 5. The van der Waals surface area contributed by atoms with E-state index in [4.69, 9.17) is 0 Å². The maximum absolute atomic E-state index is 14.1. The Hall–Kier alpha value is -3.48. The van der Waals surface area contributed by atoms with Gasteiger partial charge in [-0.3, -0.25) is 38.8 Å². The lowest BCUT2D eigenvalue weighted by Gasteiger charge is -2.42. The molecule has 0 aromatic rings. The molecule has 346 valence electrons. The molecule has 0 radical (unpaired) electrons. The van der Waals surface area contributed by atoms with Gasteiger partial charge in [0.2, 0.25) is 5.91 Å². The normalized spacial score (nSPS) is 18.3. The van der Waals surface area contributed by atoms with Gasteiger partial charge in [-0.2, -0.15) is 61.5 Å². The van der Waals surface area contributed by atoms with Crippen LogP contribution in [-0.4, -0.2) is 216 Å². The Morgan fingerprint density at radius 1 is 0.559 bits per heavy atom. The Morgan fingerprint density at radius 2 is 0.898 bits per heavy atom. The first-order chi connectivity index (χ1) is 26.7. The molecular formula is C29H39F16N5O9. The number of nitrogens with zero attached hydrogens (tertiary/aromatic N) is 4. The summed E-state index contributed by atoms with van der Waals surface area (Å²) in [4.78, 5) is 52.0. The van der Waals surface area contributed by atoms with Crippen molar-refractivity contribution in [2.24, 2.45) is 0 Å². The quantitative estimate of drug-likeness (QED) is 0.0788. The predicted octanol–water partition coefficient (Wildman–Crippen LogP) is 2.06. The van der Waals surface area contributed by atoms with Gasteiger partial charge in [0.15, 0.2) is 0 Å². The summed E-state index contributed by atoms with van der Waals surface area (Å²) >= 11 is 0. The Morgan fingerprint density at radius 3 is 1.25 bits per heavy atom. The van der Waals surface area contributed by atoms with Gasteiger partial charge in [-0.05, 0) is 0 Å². The first kappa shape index (κ1) is 53.5. The van der Waals surface area contributed by atoms with Gasteiger partial charge >= 0.3 is 65.8 Å². The van der Waals surface area contributed by atoms with Crippen molar-refractivity contribution in [1.29, 1.82) is 0 Å². The van der Waals surface area contributed by atoms with Crippen LogP contribution in [0, 0.1) is 0 Å². The van der Waals surface area contributed by atoms with Crippen LogP contribution in [0.4, 0.5) is 70.2 Å². The van der Waals surface area contributed by atoms with Gasteiger partial charge in [0.25, 0.3) is 0 Å². The number of β-amino-alcohol motifs (C(OH)–C–C–N with tert-alkyl or cyclic N) is 1. The molecule has 1 aliphatic rings. The smallest absolute Gasteiger partial charge is 0.384 e. The lowest BCUT2D eigenvalue weighted by molar-refractivity contribution is -0.447. The van der Waals surface area contributed by atoms with Crippen molar-refractivity contribution in [2.45, 2.75) is 60.4 Å². The van der Waals surface area contributed by atoms with Crippen LogP contribution in [0.1, 0.15) is 6.42 Å². The fraction of sp³-hybridized carbons (Fsp3) is 0.862. The van der Waals surface area contributed by atoms with Crippen molar-refractivity contribution in [1.82, 2.24) is 24.9 Å². The summed E-state index contributed by atoms with van der Waals surface area (Å²) < 4.78 is 220. The molecule has 0 aromatic heterocycles. The number of carbonyl (C=O) groups is 4. The number of ether oxygens (including phenoxy) is 1. The van der Waals surface area contributed by atoms with Crippen LogP contribution in [0.5, 0.6) is 0 Å². The van der Waals surface area contributed by atoms with E-state index < -0.39 is 124 Å². The van der Waals surface area contributed by atoms with E-state index in [2.05, 4.69) is 4.74 Å². The average molecular weight is 906 g/mol. The van der Waals surface area contributed by atoms with Gasteiger partial charge in [-0.25, -0.2) is 8.78 Å². The van der Waals surface area contributed by atoms with Gasteiger partial charge in [-0.15, -0.1) is 0 Å². The largest absolute Gasteiger partial charge is 0.480 e. The lowest BCUT2D eigenvalue weighted by atomic mass is 9.88. The average Bonchev–Trinajstić information content (AvgIpc) is 3.09. The Bertz CT molecular complexity index is 1390. The third-order valence-corrected chi connectivity index (χ3v) is 8.53. The van der Waals surface area contributed by atoms with Crippen molar-refractivity contribution in [3.8, 4) is 0 Å². The molecule has 0 saturated carbocycles. The molecular weight excluding hydrogens is 866 g/mol. The molecule has 0 aromatic carbocycles. The van der Waals surface area contributed by atoms with Crippen LogP contribution in [0.2, 0.25) is 0 Å². The number of aliphatic carboxylic acids is 3. The van der Waals surface area contributed by atoms with E-state index in [0.29, 0.717) is 0 Å². The molecule has 1 rings (SSSR count). The molecule has 14 nitrogen and oxygen atoms in total. The van der Waals surface area contributed by atoms with Crippen LogP contribution in [-0.2, 0) is 23.9 Å². The van der Waals surface area contributed by atoms with E-state index in [9.17, 15) is 110 Å². The Kier molecular flexibility index (Phi) is 18.9. The van der Waals surface area contributed by atoms with Crippen molar-refractivity contribution >= 4 is 23.8 Å². The van der Waals surface area contributed by atoms with E-state index in [1.807, 2.05) is 5.32 Å². The summed E-state index contributed by atoms with van der Waals surface area (Å²) in [7, 11) is 0. The molecule has 1 saturated heterocycles. The molecule has 5 N–H and O–H groups in total. The second-order valence-electron chi connectivity index (χ2n) is 13.1. The molecule has 1 heterocycles. The van der Waals surface area contributed by atoms with Crippen molar-refractivity contribution in [2.75, 3.05) is 98.3 Å². The molecule has 1 amide bonds. The number of nitrogens with one attached hydrogen (secondary N) is 1. The summed E-state index contributed by atoms with van der Waals surface area (Å²) in [5.41, 5.74) is 0. The predicted molar refractivity (Wildman–Crippen MR) is 164 cm³/mol. The molecule has 0 aliphatic carbocycles. The third-order valence-electron chi connectivity index (χ3n) is 8.53. The summed E-state index contributed by atoms with van der Waals surface area (Å²) in [5, 5.41) is 40.2. The van der Waals surface area contributed by atoms with E-state index >= 15 is 0 Å². The van der Waals surface area contributed by atoms with Crippen LogP contribution in [0.15, 0.2) is 0 Å². The third kappa shape index (κ3) is 13.5. The number of rotatable bonds is 22. The Balaban J connectivity index is 2.92. The van der Waals surface area contributed by atoms with Crippen molar-refractivity contribution in [3.63, 3.8) is 0 Å². The molecule has 1 atom stereocenters. The highest BCUT2D eigenvalue weighted by Gasteiger charge is 2.93. The maximum atomic E-state index is 14.1. The topological polar surface area (TPSA) is 183 Å². The first-order valence-corrected chi connectivity index (χ1v) is 16.7. The summed E-state index contributed by atoms with van der Waals surface area (Å²) in [5.74, 6) is -60.6. The Labute approximate surface area is 322 Å². The molecule has 1 unspecified atom stereocenters. The molecule has 1 fully saturated rings. The second-order valence-corrected chi connectivity index (χ2v) is 13.1. The minimum atomic E-state index is -8.54. The zero-order chi connectivity index (χ0) is 46.0. The second kappa shape index (κ2) is 20.9. The van der Waals surface area contributed by atoms with E-state index in [1.165, 1.54) is 19.6 Å². The molecule has 0 spiro atoms. The van der Waals surface area contributed by atoms with Crippen LogP contribution in [0.25, 0.3) is 0 Å². The minimum Gasteiger partial charge on any atom is -0.480 e. The highest BCUT2D eigenvalue weighted by atomic mass is 19.4. The fourth-order valence-corrected chi connectivity index (χ4v) is 5.14. The molecule has 0 bridgehead atoms. The number of halogens is 16. The highest BCUT2D eigenvalue weighted by Crippen LogP contribution is 2.63. The van der Waals surface area contributed by atoms with Crippen molar-refractivity contribution < 1.29 is 115 Å². The van der Waals surface area contributed by atoms with E-state index in [-0.39, 0.29) is 58.9 Å². The maximum Gasteiger partial charge on any atom is 0.384 e. The summed E-state index contributed by atoms with van der Waals surface area (Å²) in [6.45, 7) is -5.56. The number of amides is 1. The number of hydrogen-bond acceptors (Lipinski definition) is 10. The SMILES string of the molecule is O=C(O)CN1CCN(CC(=O)O)CCN(CC(O)CNC(=O)COCCC(F)(F)C(F)(F)C(F)(F)C(F)(F)C(F)(F)C(F)(F)C(F)(F)C(F)F)CCN(CC(=O)O)CC1. The van der Waals surface area contributed by atoms with E-state index in [1.54, 1.807) is 0 Å². The zero-order valence-electron chi connectivity index (χ0n) is 30.1. The van der Waals surface area contributed by atoms with Gasteiger partial charge in [0, 0.05) is 71.9 Å². The van der Waals surface area contributed by atoms with Gasteiger partial charge in [0.1, 0.15) is 6.61 Å². The molecule has 30 heteroatoms. The number of aliphatic hydroxyl groups excluding tert-OH is 1. The number of carbonyl (C=O) groups excluding carboxylic acids is 1. The standard InChI is InChI=1S/C29H39F16N5O9/c30-22(31)24(34,35)26(38,39)28(42,43)29(44,45)27(40,41)25(36,37)23(32,33)1-10-59-16-18(52)46-11-17(51)12-47-2-4-48(13-19(53)54)6-8-50(15-21(57)58)9-7-49(5-3-47)14-20(55)56/h17,22,51H,1-16H2,(H,46,52)(H,53,54)(H,55,56)(H,57,58). The number of carboxylic acid groups (broad SMARTS) is 3. The lowest BCUT2D eigenvalue weighted by Crippen LogP contribution is -2.73. The first-order valence-electron chi connectivity index (χ1n) is 16.7. The molecule has 1 aliphatic heterocycles. The number of carboxylic acids is 3.